The highest BCUT2D eigenvalue weighted by Gasteiger charge is 2.23. The fraction of sp³-hybridized carbons (Fsp3) is 0.400. The summed E-state index contributed by atoms with van der Waals surface area (Å²) in [5.41, 5.74) is 4.48. The highest BCUT2D eigenvalue weighted by atomic mass is 32.2. The number of fused-ring (bicyclic) bond motifs is 1. The van der Waals surface area contributed by atoms with Crippen molar-refractivity contribution in [2.45, 2.75) is 44.7 Å². The minimum Gasteiger partial charge on any atom is -0.295 e. The highest BCUT2D eigenvalue weighted by molar-refractivity contribution is 7.89. The normalized spacial score (nSPS) is 16.4. The van der Waals surface area contributed by atoms with Crippen molar-refractivity contribution < 1.29 is 8.42 Å². The Bertz CT molecular complexity index is 862. The third kappa shape index (κ3) is 4.11. The first kappa shape index (κ1) is 18.1. The van der Waals surface area contributed by atoms with Gasteiger partial charge in [-0.05, 0) is 55.5 Å². The molecule has 2 aromatic rings. The second-order valence-corrected chi connectivity index (χ2v) is 8.69. The Morgan fingerprint density at radius 1 is 1.12 bits per heavy atom. The van der Waals surface area contributed by atoms with E-state index in [0.29, 0.717) is 11.4 Å². The summed E-state index contributed by atoms with van der Waals surface area (Å²) in [4.78, 5) is 2.72. The molecule has 0 aromatic heterocycles. The minimum atomic E-state index is -3.48. The van der Waals surface area contributed by atoms with Crippen molar-refractivity contribution in [1.82, 2.24) is 9.62 Å². The molecule has 134 valence electrons. The molecule has 1 atom stereocenters. The van der Waals surface area contributed by atoms with Crippen LogP contribution in [-0.2, 0) is 23.0 Å². The predicted molar refractivity (Wildman–Crippen MR) is 101 cm³/mol. The zero-order valence-electron chi connectivity index (χ0n) is 15.1. The Morgan fingerprint density at radius 2 is 1.84 bits per heavy atom. The molecule has 25 heavy (non-hydrogen) atoms. The number of aryl methyl sites for hydroxylation is 2. The number of sulfonamides is 1. The molecule has 0 fully saturated rings. The van der Waals surface area contributed by atoms with Crippen molar-refractivity contribution in [3.63, 3.8) is 0 Å². The van der Waals surface area contributed by atoms with Gasteiger partial charge < -0.3 is 0 Å². The largest absolute Gasteiger partial charge is 0.295 e. The molecule has 0 bridgehead atoms. The van der Waals surface area contributed by atoms with Crippen LogP contribution in [0, 0.1) is 13.8 Å². The second kappa shape index (κ2) is 7.28. The lowest BCUT2D eigenvalue weighted by Crippen LogP contribution is -2.44. The van der Waals surface area contributed by atoms with Crippen molar-refractivity contribution in [2.24, 2.45) is 0 Å². The van der Waals surface area contributed by atoms with E-state index in [0.717, 1.165) is 30.6 Å². The highest BCUT2D eigenvalue weighted by Crippen LogP contribution is 2.21. The Hall–Kier alpha value is -1.69. The summed E-state index contributed by atoms with van der Waals surface area (Å²) in [6.45, 7) is 8.08. The zero-order valence-corrected chi connectivity index (χ0v) is 15.9. The van der Waals surface area contributed by atoms with Crippen molar-refractivity contribution in [3.8, 4) is 0 Å². The van der Waals surface area contributed by atoms with Gasteiger partial charge in [-0.15, -0.1) is 0 Å². The van der Waals surface area contributed by atoms with Gasteiger partial charge in [0.25, 0.3) is 0 Å². The Morgan fingerprint density at radius 3 is 2.60 bits per heavy atom. The summed E-state index contributed by atoms with van der Waals surface area (Å²) < 4.78 is 28.1. The molecule has 0 amide bonds. The maximum absolute atomic E-state index is 12.7. The summed E-state index contributed by atoms with van der Waals surface area (Å²) in [6.07, 6.45) is 1.02. The molecule has 1 N–H and O–H groups in total. The van der Waals surface area contributed by atoms with E-state index in [-0.39, 0.29) is 6.04 Å². The molecule has 4 nitrogen and oxygen atoms in total. The van der Waals surface area contributed by atoms with Gasteiger partial charge in [0.05, 0.1) is 4.90 Å². The quantitative estimate of drug-likeness (QED) is 0.894. The van der Waals surface area contributed by atoms with Crippen LogP contribution in [0.25, 0.3) is 0 Å². The van der Waals surface area contributed by atoms with Crippen LogP contribution in [0.15, 0.2) is 47.4 Å². The molecule has 1 heterocycles. The summed E-state index contributed by atoms with van der Waals surface area (Å²) in [5, 5.41) is 0. The number of rotatable bonds is 5. The van der Waals surface area contributed by atoms with Crippen molar-refractivity contribution >= 4 is 10.0 Å². The predicted octanol–water partition coefficient (Wildman–Crippen LogP) is 3.03. The molecule has 3 rings (SSSR count). The lowest BCUT2D eigenvalue weighted by molar-refractivity contribution is 0.192. The lowest BCUT2D eigenvalue weighted by atomic mass is 9.99. The van der Waals surface area contributed by atoms with Crippen LogP contribution in [-0.4, -0.2) is 32.4 Å². The number of benzene rings is 2. The summed E-state index contributed by atoms with van der Waals surface area (Å²) >= 11 is 0. The molecule has 0 aliphatic carbocycles. The second-order valence-electron chi connectivity index (χ2n) is 6.96. The van der Waals surface area contributed by atoms with Crippen LogP contribution in [0.2, 0.25) is 0 Å². The third-order valence-corrected chi connectivity index (χ3v) is 6.55. The molecule has 0 saturated heterocycles. The number of nitrogens with one attached hydrogen (secondary N) is 1. The lowest BCUT2D eigenvalue weighted by Gasteiger charge is -2.33. The molecule has 5 heteroatoms. The van der Waals surface area contributed by atoms with Crippen LogP contribution in [0.1, 0.15) is 29.2 Å². The van der Waals surface area contributed by atoms with Crippen LogP contribution in [0.4, 0.5) is 0 Å². The Kier molecular flexibility index (Phi) is 5.27. The van der Waals surface area contributed by atoms with Gasteiger partial charge in [0.1, 0.15) is 0 Å². The average molecular weight is 359 g/mol. The topological polar surface area (TPSA) is 49.4 Å². The molecular weight excluding hydrogens is 332 g/mol. The van der Waals surface area contributed by atoms with E-state index in [2.05, 4.69) is 40.8 Å². The van der Waals surface area contributed by atoms with Crippen LogP contribution < -0.4 is 4.72 Å². The van der Waals surface area contributed by atoms with E-state index >= 15 is 0 Å². The fourth-order valence-corrected chi connectivity index (χ4v) is 4.78. The van der Waals surface area contributed by atoms with Crippen molar-refractivity contribution in [1.29, 1.82) is 0 Å². The smallest absolute Gasteiger partial charge is 0.240 e. The Labute approximate surface area is 150 Å². The molecule has 1 aliphatic rings. The fourth-order valence-electron chi connectivity index (χ4n) is 3.33. The molecule has 0 spiro atoms. The Balaban J connectivity index is 1.66. The van der Waals surface area contributed by atoms with E-state index in [9.17, 15) is 8.42 Å². The first-order valence-corrected chi connectivity index (χ1v) is 10.2. The van der Waals surface area contributed by atoms with Gasteiger partial charge in [-0.2, -0.15) is 0 Å². The van der Waals surface area contributed by atoms with Gasteiger partial charge in [0.2, 0.25) is 10.0 Å². The van der Waals surface area contributed by atoms with Gasteiger partial charge in [-0.3, -0.25) is 4.90 Å². The van der Waals surface area contributed by atoms with Gasteiger partial charge >= 0.3 is 0 Å². The molecule has 2 aromatic carbocycles. The van der Waals surface area contributed by atoms with Gasteiger partial charge in [-0.1, -0.05) is 36.4 Å². The van der Waals surface area contributed by atoms with Gasteiger partial charge in [0.15, 0.2) is 0 Å². The summed E-state index contributed by atoms with van der Waals surface area (Å²) in [5.74, 6) is 0. The SMILES string of the molecule is Cc1ccc(C)c(S(=O)(=O)NC[C@H](C)N2CCc3ccccc3C2)c1. The molecular formula is C20H26N2O2S. The summed E-state index contributed by atoms with van der Waals surface area (Å²) in [6, 6.07) is 14.2. The molecule has 1 aliphatic heterocycles. The van der Waals surface area contributed by atoms with Crippen molar-refractivity contribution in [3.05, 3.63) is 64.7 Å². The maximum Gasteiger partial charge on any atom is 0.240 e. The zero-order chi connectivity index (χ0) is 18.0. The monoisotopic (exact) mass is 358 g/mol. The first-order valence-electron chi connectivity index (χ1n) is 8.74. The van der Waals surface area contributed by atoms with Crippen LogP contribution in [0.3, 0.4) is 0 Å². The molecule has 0 saturated carbocycles. The minimum absolute atomic E-state index is 0.147. The number of hydrogen-bond acceptors (Lipinski definition) is 3. The standard InChI is InChI=1S/C20H26N2O2S/c1-15-8-9-16(2)20(12-15)25(23,24)21-13-17(3)22-11-10-18-6-4-5-7-19(18)14-22/h4-9,12,17,21H,10-11,13-14H2,1-3H3/t17-/m0/s1. The van der Waals surface area contributed by atoms with E-state index in [1.807, 2.05) is 26.0 Å². The van der Waals surface area contributed by atoms with E-state index in [4.69, 9.17) is 0 Å². The van der Waals surface area contributed by atoms with E-state index in [1.54, 1.807) is 6.07 Å². The first-order chi connectivity index (χ1) is 11.9. The molecule has 0 unspecified atom stereocenters. The summed E-state index contributed by atoms with van der Waals surface area (Å²) in [7, 11) is -3.48. The number of hydrogen-bond donors (Lipinski definition) is 1. The van der Waals surface area contributed by atoms with Crippen molar-refractivity contribution in [2.75, 3.05) is 13.1 Å². The van der Waals surface area contributed by atoms with Crippen LogP contribution >= 0.6 is 0 Å². The third-order valence-electron chi connectivity index (χ3n) is 4.99. The maximum atomic E-state index is 12.7. The average Bonchev–Trinajstić information content (AvgIpc) is 2.61. The molecule has 0 radical (unpaired) electrons. The van der Waals surface area contributed by atoms with Gasteiger partial charge in [0, 0.05) is 25.7 Å². The number of nitrogens with zero attached hydrogens (tertiary/aromatic N) is 1. The van der Waals surface area contributed by atoms with Crippen LogP contribution in [0.5, 0.6) is 0 Å². The van der Waals surface area contributed by atoms with E-state index < -0.39 is 10.0 Å². The van der Waals surface area contributed by atoms with E-state index in [1.165, 1.54) is 11.1 Å². The van der Waals surface area contributed by atoms with Gasteiger partial charge in [-0.25, -0.2) is 13.1 Å².